The van der Waals surface area contributed by atoms with E-state index < -0.39 is 11.7 Å². The highest BCUT2D eigenvalue weighted by Crippen LogP contribution is 2.16. The first-order chi connectivity index (χ1) is 9.11. The van der Waals surface area contributed by atoms with Crippen LogP contribution in [0.4, 0.5) is 15.9 Å². The van der Waals surface area contributed by atoms with Crippen LogP contribution in [-0.2, 0) is 0 Å². The zero-order chi connectivity index (χ0) is 13.8. The lowest BCUT2D eigenvalue weighted by Crippen LogP contribution is -2.17. The average Bonchev–Trinajstić information content (AvgIpc) is 2.39. The Morgan fingerprint density at radius 2 is 2.05 bits per heavy atom. The molecule has 0 aliphatic heterocycles. The molecule has 2 heterocycles. The molecule has 19 heavy (non-hydrogen) atoms. The second-order valence-corrected chi connectivity index (χ2v) is 3.81. The summed E-state index contributed by atoms with van der Waals surface area (Å²) in [5.41, 5.74) is 3.23. The Morgan fingerprint density at radius 3 is 2.74 bits per heavy atom. The molecule has 0 aliphatic rings. The normalized spacial score (nSPS) is 10.1. The lowest BCUT2D eigenvalue weighted by molar-refractivity contribution is 0.102. The van der Waals surface area contributed by atoms with E-state index in [0.29, 0.717) is 5.69 Å². The van der Waals surface area contributed by atoms with Crippen molar-refractivity contribution in [2.24, 2.45) is 5.84 Å². The molecule has 0 spiro atoms. The molecule has 6 nitrogen and oxygen atoms in total. The van der Waals surface area contributed by atoms with Gasteiger partial charge in [-0.05, 0) is 25.1 Å². The summed E-state index contributed by atoms with van der Waals surface area (Å²) in [5, 5.41) is 2.58. The molecule has 0 saturated carbocycles. The van der Waals surface area contributed by atoms with Crippen molar-refractivity contribution >= 4 is 17.4 Å². The summed E-state index contributed by atoms with van der Waals surface area (Å²) in [4.78, 5) is 19.6. The molecule has 2 aromatic rings. The van der Waals surface area contributed by atoms with Crippen LogP contribution in [0.5, 0.6) is 0 Å². The maximum absolute atomic E-state index is 13.8. The zero-order valence-electron chi connectivity index (χ0n) is 10.1. The van der Waals surface area contributed by atoms with Crippen LogP contribution in [-0.4, -0.2) is 15.9 Å². The van der Waals surface area contributed by atoms with Gasteiger partial charge in [-0.25, -0.2) is 15.2 Å². The molecule has 0 unspecified atom stereocenters. The third-order valence-corrected chi connectivity index (χ3v) is 2.43. The Bertz CT molecular complexity index is 617. The number of carbonyl (C=O) groups is 1. The molecule has 0 saturated heterocycles. The monoisotopic (exact) mass is 261 g/mol. The van der Waals surface area contributed by atoms with Crippen molar-refractivity contribution in [2.75, 3.05) is 10.7 Å². The predicted octanol–water partition coefficient (Wildman–Crippen LogP) is 1.46. The maximum atomic E-state index is 13.8. The van der Waals surface area contributed by atoms with Crippen molar-refractivity contribution in [3.05, 3.63) is 47.7 Å². The van der Waals surface area contributed by atoms with Crippen molar-refractivity contribution in [3.8, 4) is 0 Å². The van der Waals surface area contributed by atoms with E-state index in [1.165, 1.54) is 12.3 Å². The number of halogens is 1. The number of rotatable bonds is 3. The molecule has 0 radical (unpaired) electrons. The summed E-state index contributed by atoms with van der Waals surface area (Å²) in [5.74, 6) is 3.54. The van der Waals surface area contributed by atoms with Gasteiger partial charge in [0.05, 0.1) is 5.56 Å². The quantitative estimate of drug-likeness (QED) is 0.574. The first-order valence-electron chi connectivity index (χ1n) is 5.47. The van der Waals surface area contributed by atoms with Crippen LogP contribution in [0, 0.1) is 12.7 Å². The maximum Gasteiger partial charge on any atom is 0.258 e. The SMILES string of the molecule is Cc1cc(NC(=O)c2ccnc(NN)c2F)ccn1. The standard InChI is InChI=1S/C12H12FN5O/c1-7-6-8(2-4-15-7)17-12(19)9-3-5-16-11(18-14)10(9)13/h2-6H,14H2,1H3,(H,16,18)(H,15,17,19). The van der Waals surface area contributed by atoms with Gasteiger partial charge in [0.15, 0.2) is 11.6 Å². The number of nitrogens with one attached hydrogen (secondary N) is 2. The number of pyridine rings is 2. The van der Waals surface area contributed by atoms with E-state index in [1.54, 1.807) is 25.3 Å². The van der Waals surface area contributed by atoms with Crippen molar-refractivity contribution in [3.63, 3.8) is 0 Å². The minimum Gasteiger partial charge on any atom is -0.322 e. The van der Waals surface area contributed by atoms with Crippen molar-refractivity contribution < 1.29 is 9.18 Å². The minimum absolute atomic E-state index is 0.141. The third kappa shape index (κ3) is 2.83. The Hall–Kier alpha value is -2.54. The van der Waals surface area contributed by atoms with E-state index in [0.717, 1.165) is 5.69 Å². The average molecular weight is 261 g/mol. The van der Waals surface area contributed by atoms with Gasteiger partial charge in [0, 0.05) is 23.8 Å². The van der Waals surface area contributed by atoms with Crippen LogP contribution in [0.15, 0.2) is 30.6 Å². The number of nitrogens with zero attached hydrogens (tertiary/aromatic N) is 2. The number of hydrogen-bond donors (Lipinski definition) is 3. The number of amides is 1. The molecule has 0 atom stereocenters. The molecule has 0 fully saturated rings. The summed E-state index contributed by atoms with van der Waals surface area (Å²) in [6.45, 7) is 1.79. The summed E-state index contributed by atoms with van der Waals surface area (Å²) in [6.07, 6.45) is 2.85. The van der Waals surface area contributed by atoms with Crippen LogP contribution in [0.2, 0.25) is 0 Å². The molecule has 0 aromatic carbocycles. The zero-order valence-corrected chi connectivity index (χ0v) is 10.1. The molecule has 1 amide bonds. The Labute approximate surface area is 108 Å². The van der Waals surface area contributed by atoms with Gasteiger partial charge in [-0.1, -0.05) is 0 Å². The lowest BCUT2D eigenvalue weighted by atomic mass is 10.2. The molecular weight excluding hydrogens is 249 g/mol. The van der Waals surface area contributed by atoms with E-state index in [9.17, 15) is 9.18 Å². The smallest absolute Gasteiger partial charge is 0.258 e. The van der Waals surface area contributed by atoms with E-state index in [1.807, 2.05) is 0 Å². The lowest BCUT2D eigenvalue weighted by Gasteiger charge is -2.08. The fourth-order valence-corrected chi connectivity index (χ4v) is 1.54. The second kappa shape index (κ2) is 5.40. The largest absolute Gasteiger partial charge is 0.322 e. The van der Waals surface area contributed by atoms with Gasteiger partial charge in [0.1, 0.15) is 0 Å². The van der Waals surface area contributed by atoms with Gasteiger partial charge in [-0.15, -0.1) is 0 Å². The fraction of sp³-hybridized carbons (Fsp3) is 0.0833. The Kier molecular flexibility index (Phi) is 3.67. The molecule has 7 heteroatoms. The summed E-state index contributed by atoms with van der Waals surface area (Å²) in [7, 11) is 0. The molecule has 4 N–H and O–H groups in total. The van der Waals surface area contributed by atoms with Gasteiger partial charge < -0.3 is 10.7 Å². The number of carbonyl (C=O) groups excluding carboxylic acids is 1. The number of hydrogen-bond acceptors (Lipinski definition) is 5. The molecule has 0 aliphatic carbocycles. The predicted molar refractivity (Wildman–Crippen MR) is 68.9 cm³/mol. The highest BCUT2D eigenvalue weighted by molar-refractivity contribution is 6.04. The molecular formula is C12H12FN5O. The van der Waals surface area contributed by atoms with Gasteiger partial charge in [0.2, 0.25) is 0 Å². The van der Waals surface area contributed by atoms with Crippen molar-refractivity contribution in [2.45, 2.75) is 6.92 Å². The van der Waals surface area contributed by atoms with E-state index in [4.69, 9.17) is 5.84 Å². The van der Waals surface area contributed by atoms with Gasteiger partial charge in [-0.2, -0.15) is 0 Å². The van der Waals surface area contributed by atoms with Gasteiger partial charge >= 0.3 is 0 Å². The van der Waals surface area contributed by atoms with E-state index >= 15 is 0 Å². The number of aromatic nitrogens is 2. The summed E-state index contributed by atoms with van der Waals surface area (Å²) >= 11 is 0. The van der Waals surface area contributed by atoms with Crippen molar-refractivity contribution in [1.82, 2.24) is 9.97 Å². The molecule has 2 rings (SSSR count). The number of nitrogens with two attached hydrogens (primary N) is 1. The molecule has 98 valence electrons. The topological polar surface area (TPSA) is 92.9 Å². The number of anilines is 2. The minimum atomic E-state index is -0.798. The first-order valence-corrected chi connectivity index (χ1v) is 5.47. The van der Waals surface area contributed by atoms with E-state index in [-0.39, 0.29) is 11.4 Å². The van der Waals surface area contributed by atoms with Crippen LogP contribution < -0.4 is 16.6 Å². The van der Waals surface area contributed by atoms with Crippen LogP contribution in [0.25, 0.3) is 0 Å². The molecule has 2 aromatic heterocycles. The van der Waals surface area contributed by atoms with Crippen LogP contribution in [0.3, 0.4) is 0 Å². The fourth-order valence-electron chi connectivity index (χ4n) is 1.54. The van der Waals surface area contributed by atoms with Gasteiger partial charge in [0.25, 0.3) is 5.91 Å². The van der Waals surface area contributed by atoms with Crippen LogP contribution in [0.1, 0.15) is 16.1 Å². The first kappa shape index (κ1) is 12.9. The Morgan fingerprint density at radius 1 is 1.32 bits per heavy atom. The van der Waals surface area contributed by atoms with E-state index in [2.05, 4.69) is 20.7 Å². The molecule has 0 bridgehead atoms. The van der Waals surface area contributed by atoms with Gasteiger partial charge in [-0.3, -0.25) is 9.78 Å². The number of hydrazine groups is 1. The second-order valence-electron chi connectivity index (χ2n) is 3.81. The number of aryl methyl sites for hydroxylation is 1. The third-order valence-electron chi connectivity index (χ3n) is 2.43. The summed E-state index contributed by atoms with van der Waals surface area (Å²) < 4.78 is 13.8. The van der Waals surface area contributed by atoms with Crippen molar-refractivity contribution in [1.29, 1.82) is 0 Å². The van der Waals surface area contributed by atoms with Crippen LogP contribution >= 0.6 is 0 Å². The highest BCUT2D eigenvalue weighted by Gasteiger charge is 2.15. The summed E-state index contributed by atoms with van der Waals surface area (Å²) in [6, 6.07) is 4.57. The Balaban J connectivity index is 2.25. The highest BCUT2D eigenvalue weighted by atomic mass is 19.1. The number of nitrogen functional groups attached to an aromatic ring is 1.